The lowest BCUT2D eigenvalue weighted by Crippen LogP contribution is -2.33. The smallest absolute Gasteiger partial charge is 0.333 e. The fourth-order valence-electron chi connectivity index (χ4n) is 2.79. The molecule has 0 spiro atoms. The van der Waals surface area contributed by atoms with Gasteiger partial charge in [-0.2, -0.15) is 22.4 Å². The molecule has 4 N–H and O–H groups in total. The van der Waals surface area contributed by atoms with Crippen LogP contribution in [0.5, 0.6) is 0 Å². The molecule has 8 unspecified atom stereocenters. The van der Waals surface area contributed by atoms with Gasteiger partial charge in [-0.25, -0.2) is 9.59 Å². The normalized spacial score (nSPS) is 16.8. The summed E-state index contributed by atoms with van der Waals surface area (Å²) in [6, 6.07) is 0. The van der Waals surface area contributed by atoms with E-state index in [1.807, 2.05) is 4.86 Å². The molecule has 0 amide bonds. The van der Waals surface area contributed by atoms with E-state index in [9.17, 15) is 38.4 Å². The number of carbonyl (C=O) groups excluding carboxylic acids is 6. The molecule has 0 aromatic rings. The summed E-state index contributed by atoms with van der Waals surface area (Å²) in [5.41, 5.74) is -5.12. The molecule has 1 saturated heterocycles. The van der Waals surface area contributed by atoms with Crippen molar-refractivity contribution < 1.29 is 82.5 Å². The van der Waals surface area contributed by atoms with E-state index >= 15 is 0 Å². The third kappa shape index (κ3) is 25.2. The van der Waals surface area contributed by atoms with Crippen LogP contribution in [-0.4, -0.2) is 144 Å². The fourth-order valence-corrected chi connectivity index (χ4v) is 8.40. The summed E-state index contributed by atoms with van der Waals surface area (Å²) in [6.45, 7) is 7.99. The maximum absolute atomic E-state index is 12.1. The predicted molar refractivity (Wildman–Crippen MR) is 219 cm³/mol. The zero-order valence-electron chi connectivity index (χ0n) is 27.6. The SMILES string of the molecule is C=C(C)C(=O)OCC(O)CO.O=C1CC(P[B]I)C(=O)O1.[B]P(I)C(CC(=O)OCC(COC(=O)C(=C)C)OC(=O)CC(C(=O)O)P([B])I)C(=O)O. The molecular formula is C26H34B3I3O17P3. The summed E-state index contributed by atoms with van der Waals surface area (Å²) in [7, 11) is 11.6. The minimum Gasteiger partial charge on any atom is -0.481 e. The molecule has 285 valence electrons. The second-order valence-electron chi connectivity index (χ2n) is 10.0. The van der Waals surface area contributed by atoms with Crippen molar-refractivity contribution in [2.24, 2.45) is 0 Å². The van der Waals surface area contributed by atoms with Crippen LogP contribution in [0.15, 0.2) is 24.3 Å². The van der Waals surface area contributed by atoms with Gasteiger partial charge in [-0.15, -0.1) is 8.46 Å². The molecule has 5 radical (unpaired) electrons. The lowest BCUT2D eigenvalue weighted by atomic mass is 10.3. The molecule has 8 atom stereocenters. The Morgan fingerprint density at radius 3 is 1.71 bits per heavy atom. The van der Waals surface area contributed by atoms with Gasteiger partial charge in [-0.1, -0.05) is 68.1 Å². The Balaban J connectivity index is 0. The highest BCUT2D eigenvalue weighted by atomic mass is 127. The van der Waals surface area contributed by atoms with Gasteiger partial charge in [0, 0.05) is 11.1 Å². The van der Waals surface area contributed by atoms with Crippen LogP contribution in [0.4, 0.5) is 0 Å². The van der Waals surface area contributed by atoms with Crippen molar-refractivity contribution in [3.63, 3.8) is 0 Å². The first-order chi connectivity index (χ1) is 24.1. The van der Waals surface area contributed by atoms with E-state index < -0.39 is 103 Å². The molecular weight excluding hydrogens is 1090 g/mol. The molecule has 0 aromatic heterocycles. The number of rotatable bonds is 20. The molecule has 52 heavy (non-hydrogen) atoms. The second kappa shape index (κ2) is 29.3. The number of hydrogen-bond acceptors (Lipinski definition) is 15. The molecule has 0 aliphatic carbocycles. The van der Waals surface area contributed by atoms with E-state index in [1.165, 1.54) is 13.8 Å². The van der Waals surface area contributed by atoms with Gasteiger partial charge in [-0.3, -0.25) is 28.8 Å². The summed E-state index contributed by atoms with van der Waals surface area (Å²) in [5, 5.41) is 35.3. The first kappa shape index (κ1) is 53.1. The molecule has 1 rings (SSSR count). The molecule has 1 aliphatic heterocycles. The lowest BCUT2D eigenvalue weighted by Gasteiger charge is -2.21. The van der Waals surface area contributed by atoms with E-state index in [-0.39, 0.29) is 41.8 Å². The summed E-state index contributed by atoms with van der Waals surface area (Å²) in [4.78, 5) is 91.7. The standard InChI is InChI=1S/C15H18B2I2O10P2.C7H12O4.C4H4BIO3P/c1-7(2)15(26)28-6-8(29-12(21)4-10(14(24)25)31(17)19)5-27-11(20)3-9(13(22)23)30(16)18;1-5(2)7(10)11-4-6(9)3-8;6-5-10-2-1-3(7)9-4(2)8/h8-10H,1,3-6H2,2H3,(H,22,23)(H,24,25);6,8-9H,1,3-4H2,2H3;2,10H,1H2. The average Bonchev–Trinajstić information content (AvgIpc) is 3.37. The summed E-state index contributed by atoms with van der Waals surface area (Å²) >= 11 is 5.50. The quantitative estimate of drug-likeness (QED) is 0.0259. The number of ether oxygens (including phenoxy) is 5. The van der Waals surface area contributed by atoms with Crippen LogP contribution in [0.2, 0.25) is 0 Å². The van der Waals surface area contributed by atoms with Crippen molar-refractivity contribution in [1.29, 1.82) is 0 Å². The van der Waals surface area contributed by atoms with Crippen molar-refractivity contribution in [3.05, 3.63) is 24.3 Å². The Morgan fingerprint density at radius 1 is 0.904 bits per heavy atom. The van der Waals surface area contributed by atoms with Crippen molar-refractivity contribution in [1.82, 2.24) is 0 Å². The molecule has 1 fully saturated rings. The summed E-state index contributed by atoms with van der Waals surface area (Å²) < 4.78 is 23.8. The Morgan fingerprint density at radius 2 is 1.35 bits per heavy atom. The molecule has 0 aromatic carbocycles. The van der Waals surface area contributed by atoms with Crippen LogP contribution in [0.25, 0.3) is 0 Å². The highest BCUT2D eigenvalue weighted by Gasteiger charge is 2.32. The number of carboxylic acids is 2. The van der Waals surface area contributed by atoms with Crippen LogP contribution in [0, 0.1) is 0 Å². The lowest BCUT2D eigenvalue weighted by molar-refractivity contribution is -0.166. The van der Waals surface area contributed by atoms with E-state index in [2.05, 4.69) is 45.0 Å². The third-order valence-corrected chi connectivity index (χ3v) is 13.5. The number of cyclic esters (lactones) is 2. The zero-order valence-corrected chi connectivity index (χ0v) is 36.9. The van der Waals surface area contributed by atoms with Gasteiger partial charge in [0.15, 0.2) is 6.10 Å². The molecule has 1 aliphatic rings. The van der Waals surface area contributed by atoms with Gasteiger partial charge in [0.2, 0.25) is 4.86 Å². The molecule has 0 bridgehead atoms. The number of esters is 6. The molecule has 1 heterocycles. The Hall–Kier alpha value is -0.965. The Labute approximate surface area is 346 Å². The number of aliphatic hydroxyl groups is 2. The van der Waals surface area contributed by atoms with Crippen molar-refractivity contribution in [2.75, 3.05) is 26.4 Å². The van der Waals surface area contributed by atoms with Crippen molar-refractivity contribution >= 4 is 154 Å². The van der Waals surface area contributed by atoms with Gasteiger partial charge < -0.3 is 44.1 Å². The summed E-state index contributed by atoms with van der Waals surface area (Å²) in [5.74, 6) is -6.47. The monoisotopic (exact) mass is 1120 g/mol. The highest BCUT2D eigenvalue weighted by molar-refractivity contribution is 14.2. The van der Waals surface area contributed by atoms with Gasteiger partial charge in [0.25, 0.3) is 0 Å². The van der Waals surface area contributed by atoms with Gasteiger partial charge >= 0.3 is 47.8 Å². The number of carboxylic acid groups (broad SMARTS) is 2. The molecule has 0 saturated carbocycles. The van der Waals surface area contributed by atoms with Crippen LogP contribution < -0.4 is 0 Å². The third-order valence-electron chi connectivity index (χ3n) is 5.46. The maximum Gasteiger partial charge on any atom is 0.333 e. The van der Waals surface area contributed by atoms with Crippen LogP contribution in [0.3, 0.4) is 0 Å². The minimum absolute atomic E-state index is 0.0781. The topological polar surface area (TPSA) is 264 Å². The highest BCUT2D eigenvalue weighted by Crippen LogP contribution is 2.47. The molecule has 17 nitrogen and oxygen atoms in total. The number of hydrogen-bond donors (Lipinski definition) is 4. The van der Waals surface area contributed by atoms with E-state index in [4.69, 9.17) is 49.8 Å². The van der Waals surface area contributed by atoms with Crippen LogP contribution in [-0.2, 0) is 62.0 Å². The number of carbonyl (C=O) groups is 8. The molecule has 26 heteroatoms. The number of halogens is 3. The van der Waals surface area contributed by atoms with Crippen molar-refractivity contribution in [2.45, 2.75) is 62.3 Å². The summed E-state index contributed by atoms with van der Waals surface area (Å²) in [6.07, 6.45) is -3.03. The fraction of sp³-hybridized carbons (Fsp3) is 0.538. The van der Waals surface area contributed by atoms with Gasteiger partial charge in [0.1, 0.15) is 41.1 Å². The maximum atomic E-state index is 12.1. The van der Waals surface area contributed by atoms with E-state index in [0.717, 1.165) is 0 Å². The predicted octanol–water partition coefficient (Wildman–Crippen LogP) is 2.01. The first-order valence-electron chi connectivity index (χ1n) is 14.1. The Bertz CT molecular complexity index is 1290. The van der Waals surface area contributed by atoms with E-state index in [1.54, 1.807) is 44.1 Å². The number of aliphatic hydroxyl groups excluding tert-OH is 2. The Kier molecular flexibility index (Phi) is 30.0. The van der Waals surface area contributed by atoms with Gasteiger partial charge in [-0.05, 0) is 13.8 Å². The zero-order chi connectivity index (χ0) is 40.7. The number of aliphatic carboxylic acids is 2. The van der Waals surface area contributed by atoms with Crippen LogP contribution >= 0.6 is 85.8 Å². The minimum atomic E-state index is -1.51. The first-order valence-corrected chi connectivity index (χ1v) is 25.1. The van der Waals surface area contributed by atoms with E-state index in [0.29, 0.717) is 8.46 Å². The average molecular weight is 1120 g/mol. The van der Waals surface area contributed by atoms with Gasteiger partial charge in [0.05, 0.1) is 42.8 Å². The second-order valence-corrected chi connectivity index (χ2v) is 22.4. The largest absolute Gasteiger partial charge is 0.481 e. The van der Waals surface area contributed by atoms with Crippen molar-refractivity contribution in [3.8, 4) is 0 Å². The van der Waals surface area contributed by atoms with Crippen LogP contribution in [0.1, 0.15) is 33.1 Å².